The fourth-order valence-corrected chi connectivity index (χ4v) is 4.09. The van der Waals surface area contributed by atoms with Crippen molar-refractivity contribution in [2.75, 3.05) is 24.6 Å². The maximum absolute atomic E-state index is 13.1. The van der Waals surface area contributed by atoms with E-state index in [0.29, 0.717) is 31.9 Å². The van der Waals surface area contributed by atoms with Gasteiger partial charge in [0.25, 0.3) is 11.8 Å². The number of aromatic nitrogens is 3. The van der Waals surface area contributed by atoms with Crippen molar-refractivity contribution in [3.8, 4) is 0 Å². The second kappa shape index (κ2) is 7.04. The topological polar surface area (TPSA) is 83.5 Å². The summed E-state index contributed by atoms with van der Waals surface area (Å²) < 4.78 is 7.47. The van der Waals surface area contributed by atoms with Crippen molar-refractivity contribution in [2.24, 2.45) is 0 Å². The molecule has 29 heavy (non-hydrogen) atoms. The predicted molar refractivity (Wildman–Crippen MR) is 108 cm³/mol. The average molecular weight is 393 g/mol. The summed E-state index contributed by atoms with van der Waals surface area (Å²) in [6.07, 6.45) is 2.61. The maximum Gasteiger partial charge on any atom is 0.270 e. The lowest BCUT2D eigenvalue weighted by Crippen LogP contribution is -2.47. The highest BCUT2D eigenvalue weighted by molar-refractivity contribution is 5.98. The summed E-state index contributed by atoms with van der Waals surface area (Å²) in [7, 11) is 0. The van der Waals surface area contributed by atoms with E-state index < -0.39 is 0 Å². The van der Waals surface area contributed by atoms with Crippen molar-refractivity contribution >= 4 is 28.4 Å². The molecule has 2 aliphatic heterocycles. The first-order valence-electron chi connectivity index (χ1n) is 9.97. The third-order valence-electron chi connectivity index (χ3n) is 5.77. The van der Waals surface area contributed by atoms with Crippen LogP contribution in [-0.4, -0.2) is 57.3 Å². The molecule has 0 aliphatic carbocycles. The van der Waals surface area contributed by atoms with E-state index in [1.54, 1.807) is 11.1 Å². The summed E-state index contributed by atoms with van der Waals surface area (Å²) in [6.45, 7) is 4.26. The van der Waals surface area contributed by atoms with Gasteiger partial charge in [0.05, 0.1) is 43.3 Å². The average Bonchev–Trinajstić information content (AvgIpc) is 3.37. The summed E-state index contributed by atoms with van der Waals surface area (Å²) in [5.74, 6) is -0.107. The van der Waals surface area contributed by atoms with Crippen LogP contribution in [0.4, 0.5) is 5.69 Å². The lowest BCUT2D eigenvalue weighted by atomic mass is 10.1. The molecular formula is C21H23N5O3. The first-order chi connectivity index (χ1) is 14.1. The zero-order valence-corrected chi connectivity index (χ0v) is 16.3. The number of anilines is 1. The molecule has 0 saturated carbocycles. The van der Waals surface area contributed by atoms with Crippen molar-refractivity contribution in [1.82, 2.24) is 19.7 Å². The third kappa shape index (κ3) is 3.09. The van der Waals surface area contributed by atoms with Crippen molar-refractivity contribution in [3.05, 3.63) is 47.9 Å². The van der Waals surface area contributed by atoms with Gasteiger partial charge in [-0.25, -0.2) is 0 Å². The fourth-order valence-electron chi connectivity index (χ4n) is 4.09. The molecule has 2 aromatic heterocycles. The van der Waals surface area contributed by atoms with Crippen LogP contribution in [0, 0.1) is 0 Å². The monoisotopic (exact) mass is 393 g/mol. The highest BCUT2D eigenvalue weighted by Gasteiger charge is 2.32. The van der Waals surface area contributed by atoms with Crippen LogP contribution >= 0.6 is 0 Å². The minimum absolute atomic E-state index is 0.0240. The molecule has 8 heteroatoms. The molecule has 2 aliphatic rings. The number of aromatic amines is 1. The van der Waals surface area contributed by atoms with E-state index in [0.717, 1.165) is 28.7 Å². The first kappa shape index (κ1) is 17.9. The van der Waals surface area contributed by atoms with Crippen LogP contribution in [0.3, 0.4) is 0 Å². The molecule has 1 saturated heterocycles. The van der Waals surface area contributed by atoms with Gasteiger partial charge in [-0.15, -0.1) is 0 Å². The summed E-state index contributed by atoms with van der Waals surface area (Å²) in [5.41, 5.74) is 3.20. The highest BCUT2D eigenvalue weighted by Crippen LogP contribution is 2.28. The Kier molecular flexibility index (Phi) is 4.35. The molecule has 0 unspecified atom stereocenters. The number of carbonyl (C=O) groups is 2. The summed E-state index contributed by atoms with van der Waals surface area (Å²) in [6, 6.07) is 9.74. The Morgan fingerprint density at radius 3 is 3.00 bits per heavy atom. The fraction of sp³-hybridized carbons (Fsp3) is 0.381. The van der Waals surface area contributed by atoms with Gasteiger partial charge in [0.2, 0.25) is 0 Å². The van der Waals surface area contributed by atoms with Gasteiger partial charge in [0.1, 0.15) is 12.3 Å². The normalized spacial score (nSPS) is 19.6. The molecule has 1 N–H and O–H groups in total. The quantitative estimate of drug-likeness (QED) is 0.739. The number of benzene rings is 1. The number of H-pyrrole nitrogens is 1. The van der Waals surface area contributed by atoms with E-state index in [1.165, 1.54) is 0 Å². The number of hydrogen-bond donors (Lipinski definition) is 1. The minimum Gasteiger partial charge on any atom is -0.367 e. The number of ether oxygens (including phenoxy) is 1. The number of morpholine rings is 1. The van der Waals surface area contributed by atoms with Gasteiger partial charge in [-0.05, 0) is 18.6 Å². The number of carbonyl (C=O) groups excluding carboxylic acids is 2. The Bertz CT molecular complexity index is 1050. The third-order valence-corrected chi connectivity index (χ3v) is 5.77. The van der Waals surface area contributed by atoms with E-state index >= 15 is 0 Å². The maximum atomic E-state index is 13.1. The summed E-state index contributed by atoms with van der Waals surface area (Å²) in [4.78, 5) is 32.4. The van der Waals surface area contributed by atoms with E-state index in [-0.39, 0.29) is 24.5 Å². The second-order valence-corrected chi connectivity index (χ2v) is 7.54. The number of nitrogens with zero attached hydrogens (tertiary/aromatic N) is 4. The van der Waals surface area contributed by atoms with Crippen LogP contribution in [-0.2, 0) is 22.6 Å². The Balaban J connectivity index is 1.41. The van der Waals surface area contributed by atoms with Gasteiger partial charge < -0.3 is 19.5 Å². The second-order valence-electron chi connectivity index (χ2n) is 7.54. The standard InChI is InChI=1S/C21H23N5O3/c1-2-15-11-25(20(27)13-29-15)18-10-22-26-8-7-24(12-19(18)26)21(28)17-9-14-5-3-4-6-16(14)23-17/h3-6,9-10,15,23H,2,7-8,11-13H2,1H3/t15-/m1/s1. The largest absolute Gasteiger partial charge is 0.367 e. The molecule has 150 valence electrons. The van der Waals surface area contributed by atoms with Gasteiger partial charge in [0.15, 0.2) is 0 Å². The molecule has 1 aromatic carbocycles. The zero-order valence-electron chi connectivity index (χ0n) is 16.3. The Labute approximate surface area is 168 Å². The number of para-hydroxylation sites is 1. The molecule has 4 heterocycles. The summed E-state index contributed by atoms with van der Waals surface area (Å²) in [5, 5.41) is 5.47. The van der Waals surface area contributed by atoms with Crippen LogP contribution in [0.25, 0.3) is 10.9 Å². The highest BCUT2D eigenvalue weighted by atomic mass is 16.5. The summed E-state index contributed by atoms with van der Waals surface area (Å²) >= 11 is 0. The van der Waals surface area contributed by atoms with Crippen molar-refractivity contribution in [2.45, 2.75) is 32.5 Å². The van der Waals surface area contributed by atoms with Gasteiger partial charge >= 0.3 is 0 Å². The van der Waals surface area contributed by atoms with E-state index in [9.17, 15) is 9.59 Å². The van der Waals surface area contributed by atoms with Gasteiger partial charge in [0, 0.05) is 17.4 Å². The molecule has 3 aromatic rings. The zero-order chi connectivity index (χ0) is 20.0. The van der Waals surface area contributed by atoms with Crippen molar-refractivity contribution in [1.29, 1.82) is 0 Å². The van der Waals surface area contributed by atoms with Crippen LogP contribution in [0.2, 0.25) is 0 Å². The lowest BCUT2D eigenvalue weighted by molar-refractivity contribution is -0.129. The Morgan fingerprint density at radius 2 is 2.17 bits per heavy atom. The number of rotatable bonds is 3. The molecule has 1 atom stereocenters. The molecule has 5 rings (SSSR count). The smallest absolute Gasteiger partial charge is 0.270 e. The molecule has 0 spiro atoms. The molecular weight excluding hydrogens is 370 g/mol. The Hall–Kier alpha value is -3.13. The molecule has 1 fully saturated rings. The van der Waals surface area contributed by atoms with Crippen LogP contribution in [0.15, 0.2) is 36.5 Å². The van der Waals surface area contributed by atoms with E-state index in [2.05, 4.69) is 10.1 Å². The number of fused-ring (bicyclic) bond motifs is 2. The molecule has 2 amide bonds. The van der Waals surface area contributed by atoms with Gasteiger partial charge in [-0.3, -0.25) is 14.3 Å². The number of hydrogen-bond acceptors (Lipinski definition) is 4. The molecule has 8 nitrogen and oxygen atoms in total. The van der Waals surface area contributed by atoms with Crippen LogP contribution in [0.5, 0.6) is 0 Å². The lowest BCUT2D eigenvalue weighted by Gasteiger charge is -2.34. The van der Waals surface area contributed by atoms with Crippen LogP contribution < -0.4 is 4.90 Å². The van der Waals surface area contributed by atoms with Crippen LogP contribution in [0.1, 0.15) is 29.5 Å². The van der Waals surface area contributed by atoms with Gasteiger partial charge in [-0.2, -0.15) is 5.10 Å². The Morgan fingerprint density at radius 1 is 1.31 bits per heavy atom. The van der Waals surface area contributed by atoms with Gasteiger partial charge in [-0.1, -0.05) is 25.1 Å². The SMILES string of the molecule is CC[C@@H]1CN(c2cnn3c2CN(C(=O)c2cc4ccccc4[nH]2)CC3)C(=O)CO1. The number of amides is 2. The minimum atomic E-state index is -0.0652. The molecule has 0 bridgehead atoms. The van der Waals surface area contributed by atoms with Crippen molar-refractivity contribution in [3.63, 3.8) is 0 Å². The van der Waals surface area contributed by atoms with E-state index in [1.807, 2.05) is 46.8 Å². The van der Waals surface area contributed by atoms with E-state index in [4.69, 9.17) is 4.74 Å². The van der Waals surface area contributed by atoms with Crippen molar-refractivity contribution < 1.29 is 14.3 Å². The number of nitrogens with one attached hydrogen (secondary N) is 1. The first-order valence-corrected chi connectivity index (χ1v) is 9.97. The predicted octanol–water partition coefficient (Wildman–Crippen LogP) is 2.16. The molecule has 0 radical (unpaired) electrons.